The Labute approximate surface area is 127 Å². The van der Waals surface area contributed by atoms with Gasteiger partial charge in [0.25, 0.3) is 5.91 Å². The van der Waals surface area contributed by atoms with Crippen LogP contribution in [0.4, 0.5) is 0 Å². The summed E-state index contributed by atoms with van der Waals surface area (Å²) in [6.07, 6.45) is 0.916. The molecule has 21 heavy (non-hydrogen) atoms. The molecule has 4 nitrogen and oxygen atoms in total. The molecule has 0 saturated carbocycles. The molecule has 1 aliphatic heterocycles. The van der Waals surface area contributed by atoms with E-state index in [1.54, 1.807) is 35.6 Å². The van der Waals surface area contributed by atoms with Crippen molar-refractivity contribution >= 4 is 23.2 Å². The molecule has 1 aromatic heterocycles. The molecule has 1 aliphatic rings. The molecule has 3 rings (SSSR count). The van der Waals surface area contributed by atoms with Gasteiger partial charge in [0, 0.05) is 23.5 Å². The number of carbonyl (C=O) groups excluding carboxylic acids is 2. The zero-order valence-electron chi connectivity index (χ0n) is 11.7. The lowest BCUT2D eigenvalue weighted by Crippen LogP contribution is -2.35. The molecule has 0 N–H and O–H groups in total. The van der Waals surface area contributed by atoms with Gasteiger partial charge >= 0.3 is 5.97 Å². The van der Waals surface area contributed by atoms with Crippen LogP contribution in [0.5, 0.6) is 0 Å². The minimum atomic E-state index is -0.394. The first-order valence-corrected chi connectivity index (χ1v) is 7.60. The van der Waals surface area contributed by atoms with E-state index < -0.39 is 5.97 Å². The van der Waals surface area contributed by atoms with Crippen LogP contribution < -0.4 is 0 Å². The smallest absolute Gasteiger partial charge is 0.337 e. The molecule has 0 fully saturated rings. The van der Waals surface area contributed by atoms with Crippen LogP contribution in [0.15, 0.2) is 35.7 Å². The Balaban J connectivity index is 1.75. The first-order valence-electron chi connectivity index (χ1n) is 6.72. The Hall–Kier alpha value is -2.14. The van der Waals surface area contributed by atoms with Crippen molar-refractivity contribution in [2.45, 2.75) is 13.0 Å². The number of fused-ring (bicyclic) bond motifs is 1. The number of nitrogens with zero attached hydrogens (tertiary/aromatic N) is 1. The van der Waals surface area contributed by atoms with Crippen molar-refractivity contribution in [3.63, 3.8) is 0 Å². The fourth-order valence-electron chi connectivity index (χ4n) is 2.47. The van der Waals surface area contributed by atoms with Crippen LogP contribution in [0, 0.1) is 0 Å². The number of rotatable bonds is 2. The Bertz CT molecular complexity index is 675. The summed E-state index contributed by atoms with van der Waals surface area (Å²) in [5.74, 6) is -0.391. The van der Waals surface area contributed by atoms with Gasteiger partial charge in [-0.3, -0.25) is 4.79 Å². The lowest BCUT2D eigenvalue weighted by Gasteiger charge is -2.27. The fraction of sp³-hybridized carbons (Fsp3) is 0.250. The average molecular weight is 301 g/mol. The van der Waals surface area contributed by atoms with Crippen molar-refractivity contribution < 1.29 is 14.3 Å². The van der Waals surface area contributed by atoms with E-state index in [4.69, 9.17) is 0 Å². The number of esters is 1. The van der Waals surface area contributed by atoms with Gasteiger partial charge < -0.3 is 9.64 Å². The summed E-state index contributed by atoms with van der Waals surface area (Å²) >= 11 is 1.75. The second kappa shape index (κ2) is 5.69. The summed E-state index contributed by atoms with van der Waals surface area (Å²) in [6, 6.07) is 8.69. The third-order valence-corrected chi connectivity index (χ3v) is 4.67. The molecule has 0 radical (unpaired) electrons. The van der Waals surface area contributed by atoms with Crippen LogP contribution >= 0.6 is 11.3 Å². The number of amides is 1. The van der Waals surface area contributed by atoms with E-state index in [1.807, 2.05) is 4.90 Å². The summed E-state index contributed by atoms with van der Waals surface area (Å²) in [5.41, 5.74) is 2.29. The summed E-state index contributed by atoms with van der Waals surface area (Å²) in [5, 5.41) is 2.07. The first kappa shape index (κ1) is 13.8. The summed E-state index contributed by atoms with van der Waals surface area (Å²) in [4.78, 5) is 27.1. The van der Waals surface area contributed by atoms with Crippen molar-refractivity contribution in [1.82, 2.24) is 4.90 Å². The number of thiophene rings is 1. The minimum Gasteiger partial charge on any atom is -0.465 e. The minimum absolute atomic E-state index is 0.00302. The maximum Gasteiger partial charge on any atom is 0.337 e. The molecule has 0 spiro atoms. The largest absolute Gasteiger partial charge is 0.465 e. The van der Waals surface area contributed by atoms with Gasteiger partial charge in [-0.1, -0.05) is 0 Å². The van der Waals surface area contributed by atoms with Crippen LogP contribution in [0.3, 0.4) is 0 Å². The lowest BCUT2D eigenvalue weighted by molar-refractivity contribution is 0.0599. The molecule has 0 bridgehead atoms. The Morgan fingerprint density at radius 3 is 2.57 bits per heavy atom. The lowest BCUT2D eigenvalue weighted by atomic mass is 10.1. The predicted molar refractivity (Wildman–Crippen MR) is 80.5 cm³/mol. The summed E-state index contributed by atoms with van der Waals surface area (Å²) < 4.78 is 4.65. The van der Waals surface area contributed by atoms with Crippen LogP contribution in [-0.2, 0) is 17.7 Å². The van der Waals surface area contributed by atoms with E-state index in [2.05, 4.69) is 16.2 Å². The predicted octanol–water partition coefficient (Wildman–Crippen LogP) is 2.73. The molecule has 2 heterocycles. The summed E-state index contributed by atoms with van der Waals surface area (Å²) in [7, 11) is 1.34. The van der Waals surface area contributed by atoms with Crippen LogP contribution in [-0.4, -0.2) is 30.4 Å². The van der Waals surface area contributed by atoms with Gasteiger partial charge in [0.05, 0.1) is 12.7 Å². The standard InChI is InChI=1S/C16H15NO3S/c1-20-16(19)12-4-2-11(3-5-12)15(18)17-8-6-14-13(10-17)7-9-21-14/h2-5,7,9H,6,8,10H2,1H3. The maximum absolute atomic E-state index is 12.5. The van der Waals surface area contributed by atoms with Crippen molar-refractivity contribution in [1.29, 1.82) is 0 Å². The van der Waals surface area contributed by atoms with Gasteiger partial charge in [-0.15, -0.1) is 11.3 Å². The first-order chi connectivity index (χ1) is 10.2. The highest BCUT2D eigenvalue weighted by Crippen LogP contribution is 2.25. The zero-order valence-corrected chi connectivity index (χ0v) is 12.5. The number of benzene rings is 1. The van der Waals surface area contributed by atoms with E-state index in [9.17, 15) is 9.59 Å². The molecule has 0 aliphatic carbocycles. The normalized spacial score (nSPS) is 13.7. The zero-order chi connectivity index (χ0) is 14.8. The van der Waals surface area contributed by atoms with Crippen LogP contribution in [0.1, 0.15) is 31.2 Å². The molecule has 108 valence electrons. The van der Waals surface area contributed by atoms with E-state index in [0.29, 0.717) is 17.7 Å². The van der Waals surface area contributed by atoms with Gasteiger partial charge in [0.15, 0.2) is 0 Å². The number of ether oxygens (including phenoxy) is 1. The summed E-state index contributed by atoms with van der Waals surface area (Å²) in [6.45, 7) is 1.40. The molecule has 5 heteroatoms. The van der Waals surface area contributed by atoms with Crippen LogP contribution in [0.25, 0.3) is 0 Å². The molecular weight excluding hydrogens is 286 g/mol. The highest BCUT2D eigenvalue weighted by molar-refractivity contribution is 7.10. The Morgan fingerprint density at radius 1 is 1.14 bits per heavy atom. The SMILES string of the molecule is COC(=O)c1ccc(C(=O)N2CCc3sccc3C2)cc1. The molecular formula is C16H15NO3S. The van der Waals surface area contributed by atoms with Gasteiger partial charge in [0.2, 0.25) is 0 Å². The van der Waals surface area contributed by atoms with Gasteiger partial charge in [-0.05, 0) is 47.7 Å². The average Bonchev–Trinajstić information content (AvgIpc) is 3.01. The molecule has 1 aromatic carbocycles. The quantitative estimate of drug-likeness (QED) is 0.801. The van der Waals surface area contributed by atoms with Gasteiger partial charge in [0.1, 0.15) is 0 Å². The van der Waals surface area contributed by atoms with E-state index in [-0.39, 0.29) is 5.91 Å². The second-order valence-electron chi connectivity index (χ2n) is 4.91. The van der Waals surface area contributed by atoms with E-state index in [1.165, 1.54) is 17.6 Å². The highest BCUT2D eigenvalue weighted by atomic mass is 32.1. The number of carbonyl (C=O) groups is 2. The number of hydrogen-bond acceptors (Lipinski definition) is 4. The van der Waals surface area contributed by atoms with Gasteiger partial charge in [-0.25, -0.2) is 4.79 Å². The monoisotopic (exact) mass is 301 g/mol. The van der Waals surface area contributed by atoms with E-state index >= 15 is 0 Å². The van der Waals surface area contributed by atoms with Crippen LogP contribution in [0.2, 0.25) is 0 Å². The molecule has 0 saturated heterocycles. The maximum atomic E-state index is 12.5. The third kappa shape index (κ3) is 2.69. The Morgan fingerprint density at radius 2 is 1.86 bits per heavy atom. The highest BCUT2D eigenvalue weighted by Gasteiger charge is 2.22. The molecule has 1 amide bonds. The van der Waals surface area contributed by atoms with Crippen molar-refractivity contribution in [2.24, 2.45) is 0 Å². The van der Waals surface area contributed by atoms with Crippen molar-refractivity contribution in [3.05, 3.63) is 57.3 Å². The van der Waals surface area contributed by atoms with Crippen molar-refractivity contribution in [3.8, 4) is 0 Å². The molecule has 0 unspecified atom stereocenters. The molecule has 0 atom stereocenters. The number of methoxy groups -OCH3 is 1. The topological polar surface area (TPSA) is 46.6 Å². The molecule has 2 aromatic rings. The fourth-order valence-corrected chi connectivity index (χ4v) is 3.36. The second-order valence-corrected chi connectivity index (χ2v) is 5.92. The Kier molecular flexibility index (Phi) is 3.75. The third-order valence-electron chi connectivity index (χ3n) is 3.65. The van der Waals surface area contributed by atoms with E-state index in [0.717, 1.165) is 13.0 Å². The van der Waals surface area contributed by atoms with Crippen molar-refractivity contribution in [2.75, 3.05) is 13.7 Å². The number of hydrogen-bond donors (Lipinski definition) is 0. The van der Waals surface area contributed by atoms with Gasteiger partial charge in [-0.2, -0.15) is 0 Å².